The largest absolute Gasteiger partial charge is 0.482 e. The molecule has 2 aliphatic rings. The molecule has 0 radical (unpaired) electrons. The third-order valence-electron chi connectivity index (χ3n) is 5.80. The van der Waals surface area contributed by atoms with Crippen molar-refractivity contribution in [1.82, 2.24) is 4.90 Å². The van der Waals surface area contributed by atoms with Crippen molar-refractivity contribution in [3.8, 4) is 5.75 Å². The van der Waals surface area contributed by atoms with Gasteiger partial charge in [0, 0.05) is 26.1 Å². The highest BCUT2D eigenvalue weighted by molar-refractivity contribution is 5.98. The van der Waals surface area contributed by atoms with Gasteiger partial charge in [-0.25, -0.2) is 0 Å². The Balaban J connectivity index is 1.70. The highest BCUT2D eigenvalue weighted by Gasteiger charge is 2.28. The topological polar surface area (TPSA) is 49.9 Å². The molecule has 5 heteroatoms. The van der Waals surface area contributed by atoms with E-state index >= 15 is 0 Å². The molecular formula is C21H30N2O3. The second kappa shape index (κ2) is 7.68. The zero-order chi connectivity index (χ0) is 18.7. The van der Waals surface area contributed by atoms with Crippen LogP contribution in [0.25, 0.3) is 0 Å². The molecule has 0 saturated carbocycles. The van der Waals surface area contributed by atoms with Gasteiger partial charge in [-0.2, -0.15) is 0 Å². The van der Waals surface area contributed by atoms with E-state index in [1.165, 1.54) is 5.56 Å². The monoisotopic (exact) mass is 358 g/mol. The van der Waals surface area contributed by atoms with E-state index in [1.54, 1.807) is 4.90 Å². The van der Waals surface area contributed by atoms with E-state index in [9.17, 15) is 9.59 Å². The lowest BCUT2D eigenvalue weighted by Crippen LogP contribution is -2.40. The van der Waals surface area contributed by atoms with Gasteiger partial charge in [-0.15, -0.1) is 0 Å². The average molecular weight is 358 g/mol. The summed E-state index contributed by atoms with van der Waals surface area (Å²) in [5.74, 6) is 0.938. The number of carbonyl (C=O) groups excluding carboxylic acids is 2. The Morgan fingerprint density at radius 3 is 2.65 bits per heavy atom. The summed E-state index contributed by atoms with van der Waals surface area (Å²) in [5.41, 5.74) is 2.09. The van der Waals surface area contributed by atoms with Crippen molar-refractivity contribution >= 4 is 17.5 Å². The molecular weight excluding hydrogens is 328 g/mol. The van der Waals surface area contributed by atoms with Crippen molar-refractivity contribution in [2.75, 3.05) is 31.1 Å². The van der Waals surface area contributed by atoms with Crippen molar-refractivity contribution in [3.63, 3.8) is 0 Å². The van der Waals surface area contributed by atoms with Crippen molar-refractivity contribution in [2.24, 2.45) is 0 Å². The van der Waals surface area contributed by atoms with Crippen LogP contribution in [0.15, 0.2) is 18.2 Å². The summed E-state index contributed by atoms with van der Waals surface area (Å²) >= 11 is 0. The van der Waals surface area contributed by atoms with Crippen LogP contribution in [-0.4, -0.2) is 43.0 Å². The standard InChI is InChI=1S/C21H30N2O3/c1-4-21(2,3)16-9-10-18-17(14-16)23(20(25)15-26-18)13-7-8-19(24)22-11-5-6-12-22/h9-10,14H,4-8,11-13,15H2,1-3H3. The number of ether oxygens (including phenoxy) is 1. The van der Waals surface area contributed by atoms with Crippen LogP contribution >= 0.6 is 0 Å². The van der Waals surface area contributed by atoms with Crippen LogP contribution in [0.2, 0.25) is 0 Å². The summed E-state index contributed by atoms with van der Waals surface area (Å²) in [6.07, 6.45) is 4.42. The molecule has 0 unspecified atom stereocenters. The summed E-state index contributed by atoms with van der Waals surface area (Å²) in [6, 6.07) is 6.14. The number of likely N-dealkylation sites (tertiary alicyclic amines) is 1. The van der Waals surface area contributed by atoms with Gasteiger partial charge in [-0.3, -0.25) is 9.59 Å². The molecule has 0 atom stereocenters. The molecule has 2 amide bonds. The van der Waals surface area contributed by atoms with Crippen molar-refractivity contribution in [2.45, 2.75) is 58.3 Å². The van der Waals surface area contributed by atoms with Crippen LogP contribution < -0.4 is 9.64 Å². The summed E-state index contributed by atoms with van der Waals surface area (Å²) < 4.78 is 5.61. The maximum Gasteiger partial charge on any atom is 0.265 e. The van der Waals surface area contributed by atoms with Crippen LogP contribution in [0.1, 0.15) is 58.4 Å². The van der Waals surface area contributed by atoms with Gasteiger partial charge in [0.2, 0.25) is 5.91 Å². The highest BCUT2D eigenvalue weighted by atomic mass is 16.5. The number of nitrogens with zero attached hydrogens (tertiary/aromatic N) is 2. The molecule has 3 rings (SSSR count). The number of fused-ring (bicyclic) bond motifs is 1. The molecule has 1 aromatic rings. The van der Waals surface area contributed by atoms with Crippen molar-refractivity contribution in [3.05, 3.63) is 23.8 Å². The fourth-order valence-electron chi connectivity index (χ4n) is 3.59. The second-order valence-electron chi connectivity index (χ2n) is 7.95. The number of hydrogen-bond acceptors (Lipinski definition) is 3. The molecule has 1 saturated heterocycles. The summed E-state index contributed by atoms with van der Waals surface area (Å²) in [4.78, 5) is 28.4. The normalized spacial score (nSPS) is 17.3. The summed E-state index contributed by atoms with van der Waals surface area (Å²) in [5, 5.41) is 0. The van der Waals surface area contributed by atoms with Gasteiger partial charge >= 0.3 is 0 Å². The molecule has 0 bridgehead atoms. The molecule has 2 aliphatic heterocycles. The zero-order valence-electron chi connectivity index (χ0n) is 16.2. The first-order valence-electron chi connectivity index (χ1n) is 9.78. The first-order chi connectivity index (χ1) is 12.4. The van der Waals surface area contributed by atoms with E-state index in [4.69, 9.17) is 4.74 Å². The Bertz CT molecular complexity index is 678. The SMILES string of the molecule is CCC(C)(C)c1ccc2c(c1)N(CCCC(=O)N1CCCC1)C(=O)CO2. The van der Waals surface area contributed by atoms with Gasteiger partial charge in [0.1, 0.15) is 5.75 Å². The first kappa shape index (κ1) is 18.7. The molecule has 1 aromatic carbocycles. The minimum atomic E-state index is -0.0300. The quantitative estimate of drug-likeness (QED) is 0.782. The van der Waals surface area contributed by atoms with E-state index in [1.807, 2.05) is 11.0 Å². The maximum absolute atomic E-state index is 12.4. The van der Waals surface area contributed by atoms with Gasteiger partial charge < -0.3 is 14.5 Å². The van der Waals surface area contributed by atoms with Gasteiger partial charge in [-0.1, -0.05) is 26.8 Å². The van der Waals surface area contributed by atoms with Crippen LogP contribution in [0, 0.1) is 0 Å². The third kappa shape index (κ3) is 3.87. The predicted octanol–water partition coefficient (Wildman–Crippen LogP) is 3.50. The highest BCUT2D eigenvalue weighted by Crippen LogP contribution is 2.37. The maximum atomic E-state index is 12.4. The molecule has 0 aromatic heterocycles. The van der Waals surface area contributed by atoms with E-state index in [-0.39, 0.29) is 23.8 Å². The fraction of sp³-hybridized carbons (Fsp3) is 0.619. The van der Waals surface area contributed by atoms with Crippen LogP contribution in [0.3, 0.4) is 0 Å². The van der Waals surface area contributed by atoms with Gasteiger partial charge in [0.05, 0.1) is 5.69 Å². The molecule has 1 fully saturated rings. The van der Waals surface area contributed by atoms with Gasteiger partial charge in [0.15, 0.2) is 6.61 Å². The predicted molar refractivity (Wildman–Crippen MR) is 103 cm³/mol. The summed E-state index contributed by atoms with van der Waals surface area (Å²) in [7, 11) is 0. The van der Waals surface area contributed by atoms with E-state index in [0.717, 1.165) is 43.8 Å². The number of benzene rings is 1. The molecule has 26 heavy (non-hydrogen) atoms. The van der Waals surface area contributed by atoms with E-state index < -0.39 is 0 Å². The Hall–Kier alpha value is -2.04. The molecule has 2 heterocycles. The number of amides is 2. The third-order valence-corrected chi connectivity index (χ3v) is 5.80. The smallest absolute Gasteiger partial charge is 0.265 e. The van der Waals surface area contributed by atoms with Crippen LogP contribution in [0.4, 0.5) is 5.69 Å². The number of carbonyl (C=O) groups is 2. The van der Waals surface area contributed by atoms with Crippen molar-refractivity contribution < 1.29 is 14.3 Å². The minimum Gasteiger partial charge on any atom is -0.482 e. The van der Waals surface area contributed by atoms with Gasteiger partial charge in [0.25, 0.3) is 5.91 Å². The Labute approximate surface area is 156 Å². The Kier molecular flexibility index (Phi) is 5.54. The average Bonchev–Trinajstić information content (AvgIpc) is 3.17. The zero-order valence-corrected chi connectivity index (χ0v) is 16.2. The first-order valence-corrected chi connectivity index (χ1v) is 9.78. The lowest BCUT2D eigenvalue weighted by molar-refractivity contribution is -0.130. The lowest BCUT2D eigenvalue weighted by atomic mass is 9.82. The summed E-state index contributed by atoms with van der Waals surface area (Å²) in [6.45, 7) is 8.98. The second-order valence-corrected chi connectivity index (χ2v) is 7.95. The molecule has 0 spiro atoms. The van der Waals surface area contributed by atoms with E-state index in [2.05, 4.69) is 32.9 Å². The van der Waals surface area contributed by atoms with Crippen LogP contribution in [0.5, 0.6) is 5.75 Å². The van der Waals surface area contributed by atoms with E-state index in [0.29, 0.717) is 19.4 Å². The minimum absolute atomic E-state index is 0.0300. The van der Waals surface area contributed by atoms with Crippen molar-refractivity contribution in [1.29, 1.82) is 0 Å². The fourth-order valence-corrected chi connectivity index (χ4v) is 3.59. The number of anilines is 1. The molecule has 0 aliphatic carbocycles. The lowest BCUT2D eigenvalue weighted by Gasteiger charge is -2.32. The van der Waals surface area contributed by atoms with Gasteiger partial charge in [-0.05, 0) is 48.8 Å². The molecule has 0 N–H and O–H groups in total. The van der Waals surface area contributed by atoms with Crippen LogP contribution in [-0.2, 0) is 15.0 Å². The molecule has 5 nitrogen and oxygen atoms in total. The Morgan fingerprint density at radius 1 is 1.23 bits per heavy atom. The Morgan fingerprint density at radius 2 is 1.96 bits per heavy atom. The molecule has 142 valence electrons. The number of hydrogen-bond donors (Lipinski definition) is 0. The number of rotatable bonds is 6.